The van der Waals surface area contributed by atoms with E-state index in [0.717, 1.165) is 18.2 Å². The summed E-state index contributed by atoms with van der Waals surface area (Å²) in [6, 6.07) is 2.85. The Bertz CT molecular complexity index is 758. The van der Waals surface area contributed by atoms with Gasteiger partial charge in [-0.2, -0.15) is 26.3 Å². The number of esters is 1. The van der Waals surface area contributed by atoms with Crippen molar-refractivity contribution in [2.75, 3.05) is 0 Å². The van der Waals surface area contributed by atoms with Crippen molar-refractivity contribution in [2.45, 2.75) is 12.4 Å². The van der Waals surface area contributed by atoms with Crippen molar-refractivity contribution >= 4 is 5.97 Å². The molecule has 25 heavy (non-hydrogen) atoms. The molecule has 2 N–H and O–H groups in total. The van der Waals surface area contributed by atoms with Crippen LogP contribution in [0.1, 0.15) is 21.5 Å². The number of rotatable bonds is 2. The van der Waals surface area contributed by atoms with Crippen LogP contribution < -0.4 is 4.74 Å². The molecule has 10 heteroatoms. The van der Waals surface area contributed by atoms with Crippen LogP contribution >= 0.6 is 0 Å². The highest BCUT2D eigenvalue weighted by molar-refractivity contribution is 5.92. The van der Waals surface area contributed by atoms with Crippen LogP contribution in [0.15, 0.2) is 36.4 Å². The van der Waals surface area contributed by atoms with Crippen LogP contribution in [0.25, 0.3) is 0 Å². The molecular weight excluding hydrogens is 358 g/mol. The first kappa shape index (κ1) is 18.4. The van der Waals surface area contributed by atoms with E-state index in [4.69, 9.17) is 0 Å². The van der Waals surface area contributed by atoms with E-state index in [-0.39, 0.29) is 18.2 Å². The average molecular weight is 366 g/mol. The van der Waals surface area contributed by atoms with Gasteiger partial charge in [-0.05, 0) is 30.3 Å². The number of halogens is 6. The summed E-state index contributed by atoms with van der Waals surface area (Å²) in [5, 5.41) is 18.5. The predicted octanol–water partition coefficient (Wildman–Crippen LogP) is 4.35. The number of benzene rings is 2. The standard InChI is InChI=1S/C15H8F6O4/c16-14(17,18)8-3-9(15(19,20)21)5-12(4-8)25-13(24)7-1-10(22)6-11(23)2-7/h1-6,22-23H. The lowest BCUT2D eigenvalue weighted by Gasteiger charge is -2.14. The molecule has 0 radical (unpaired) electrons. The zero-order valence-corrected chi connectivity index (χ0v) is 11.9. The first-order chi connectivity index (χ1) is 11.4. The summed E-state index contributed by atoms with van der Waals surface area (Å²) in [6.07, 6.45) is -10.2. The fourth-order valence-electron chi connectivity index (χ4n) is 1.86. The highest BCUT2D eigenvalue weighted by Crippen LogP contribution is 2.38. The second-order valence-corrected chi connectivity index (χ2v) is 4.87. The van der Waals surface area contributed by atoms with Crippen LogP contribution in [-0.4, -0.2) is 16.2 Å². The van der Waals surface area contributed by atoms with Gasteiger partial charge in [0.05, 0.1) is 16.7 Å². The summed E-state index contributed by atoms with van der Waals surface area (Å²) in [5.41, 5.74) is -3.77. The topological polar surface area (TPSA) is 66.8 Å². The fourth-order valence-corrected chi connectivity index (χ4v) is 1.86. The number of phenols is 2. The first-order valence-corrected chi connectivity index (χ1v) is 6.41. The number of ether oxygens (including phenoxy) is 1. The van der Waals surface area contributed by atoms with Crippen LogP contribution in [0.2, 0.25) is 0 Å². The monoisotopic (exact) mass is 366 g/mol. The average Bonchev–Trinajstić information content (AvgIpc) is 2.44. The second kappa shape index (κ2) is 6.19. The van der Waals surface area contributed by atoms with Gasteiger partial charge in [-0.3, -0.25) is 0 Å². The smallest absolute Gasteiger partial charge is 0.416 e. The van der Waals surface area contributed by atoms with Gasteiger partial charge in [0.15, 0.2) is 0 Å². The van der Waals surface area contributed by atoms with E-state index >= 15 is 0 Å². The minimum atomic E-state index is -5.09. The lowest BCUT2D eigenvalue weighted by atomic mass is 10.1. The third-order valence-corrected chi connectivity index (χ3v) is 2.91. The minimum Gasteiger partial charge on any atom is -0.508 e. The highest BCUT2D eigenvalue weighted by atomic mass is 19.4. The van der Waals surface area contributed by atoms with Crippen molar-refractivity contribution in [3.05, 3.63) is 53.1 Å². The van der Waals surface area contributed by atoms with E-state index in [1.807, 2.05) is 0 Å². The van der Waals surface area contributed by atoms with Gasteiger partial charge in [0.2, 0.25) is 0 Å². The Labute approximate surface area is 135 Å². The summed E-state index contributed by atoms with van der Waals surface area (Å²) < 4.78 is 80.9. The number of aromatic hydroxyl groups is 2. The predicted molar refractivity (Wildman–Crippen MR) is 71.2 cm³/mol. The molecule has 2 rings (SSSR count). The Morgan fingerprint density at radius 2 is 1.20 bits per heavy atom. The number of carbonyl (C=O) groups excluding carboxylic acids is 1. The summed E-state index contributed by atoms with van der Waals surface area (Å²) >= 11 is 0. The minimum absolute atomic E-state index is 0.114. The molecule has 0 unspecified atom stereocenters. The molecule has 0 aliphatic carbocycles. The van der Waals surface area contributed by atoms with Gasteiger partial charge in [0, 0.05) is 6.07 Å². The van der Waals surface area contributed by atoms with Gasteiger partial charge in [-0.15, -0.1) is 0 Å². The molecule has 0 saturated heterocycles. The Kier molecular flexibility index (Phi) is 4.56. The maximum atomic E-state index is 12.7. The Hall–Kier alpha value is -2.91. The number of phenolic OH excluding ortho intramolecular Hbond substituents is 2. The van der Waals surface area contributed by atoms with Gasteiger partial charge in [0.25, 0.3) is 0 Å². The van der Waals surface area contributed by atoms with Crippen molar-refractivity contribution in [2.24, 2.45) is 0 Å². The molecule has 0 aliphatic rings. The van der Waals surface area contributed by atoms with Crippen LogP contribution in [0.3, 0.4) is 0 Å². The molecule has 0 amide bonds. The molecule has 0 heterocycles. The Morgan fingerprint density at radius 3 is 1.60 bits per heavy atom. The SMILES string of the molecule is O=C(Oc1cc(C(F)(F)F)cc(C(F)(F)F)c1)c1cc(O)cc(O)c1. The van der Waals surface area contributed by atoms with E-state index in [9.17, 15) is 41.4 Å². The van der Waals surface area contributed by atoms with Crippen molar-refractivity contribution < 1.29 is 46.1 Å². The molecular formula is C15H8F6O4. The molecule has 2 aromatic carbocycles. The van der Waals surface area contributed by atoms with Gasteiger partial charge in [0.1, 0.15) is 17.2 Å². The summed E-state index contributed by atoms with van der Waals surface area (Å²) in [6.45, 7) is 0. The molecule has 134 valence electrons. The van der Waals surface area contributed by atoms with Crippen molar-refractivity contribution in [1.29, 1.82) is 0 Å². The largest absolute Gasteiger partial charge is 0.508 e. The molecule has 0 saturated carbocycles. The van der Waals surface area contributed by atoms with Crippen molar-refractivity contribution in [1.82, 2.24) is 0 Å². The van der Waals surface area contributed by atoms with Gasteiger partial charge in [-0.25, -0.2) is 4.79 Å². The van der Waals surface area contributed by atoms with E-state index in [0.29, 0.717) is 0 Å². The van der Waals surface area contributed by atoms with Crippen LogP contribution in [0.5, 0.6) is 17.2 Å². The van der Waals surface area contributed by atoms with Gasteiger partial charge >= 0.3 is 18.3 Å². The normalized spacial score (nSPS) is 12.1. The first-order valence-electron chi connectivity index (χ1n) is 6.41. The van der Waals surface area contributed by atoms with Gasteiger partial charge in [-0.1, -0.05) is 0 Å². The van der Waals surface area contributed by atoms with Crippen molar-refractivity contribution in [3.8, 4) is 17.2 Å². The van der Waals surface area contributed by atoms with Crippen LogP contribution in [0, 0.1) is 0 Å². The van der Waals surface area contributed by atoms with E-state index in [2.05, 4.69) is 4.74 Å². The Morgan fingerprint density at radius 1 is 0.760 bits per heavy atom. The summed E-state index contributed by atoms with van der Waals surface area (Å²) in [5.74, 6) is -3.45. The number of hydrogen-bond donors (Lipinski definition) is 2. The molecule has 0 atom stereocenters. The lowest BCUT2D eigenvalue weighted by Crippen LogP contribution is -2.13. The summed E-state index contributed by atoms with van der Waals surface area (Å²) in [7, 11) is 0. The lowest BCUT2D eigenvalue weighted by molar-refractivity contribution is -0.143. The molecule has 0 aromatic heterocycles. The molecule has 0 bridgehead atoms. The third kappa shape index (κ3) is 4.55. The van der Waals surface area contributed by atoms with Gasteiger partial charge < -0.3 is 14.9 Å². The number of alkyl halides is 6. The second-order valence-electron chi connectivity index (χ2n) is 4.87. The molecule has 0 fully saturated rings. The highest BCUT2D eigenvalue weighted by Gasteiger charge is 2.37. The number of hydrogen-bond acceptors (Lipinski definition) is 4. The summed E-state index contributed by atoms with van der Waals surface area (Å²) in [4.78, 5) is 11.8. The molecule has 2 aromatic rings. The maximum absolute atomic E-state index is 12.7. The molecule has 0 spiro atoms. The number of carbonyl (C=O) groups is 1. The molecule has 4 nitrogen and oxygen atoms in total. The van der Waals surface area contributed by atoms with E-state index in [1.54, 1.807) is 0 Å². The van der Waals surface area contributed by atoms with Crippen LogP contribution in [-0.2, 0) is 12.4 Å². The fraction of sp³-hybridized carbons (Fsp3) is 0.133. The zero-order chi connectivity index (χ0) is 19.0. The van der Waals surface area contributed by atoms with E-state index < -0.39 is 52.3 Å². The van der Waals surface area contributed by atoms with E-state index in [1.165, 1.54) is 0 Å². The maximum Gasteiger partial charge on any atom is 0.416 e. The Balaban J connectivity index is 2.42. The quantitative estimate of drug-likeness (QED) is 0.471. The molecule has 0 aliphatic heterocycles. The zero-order valence-electron chi connectivity index (χ0n) is 11.9. The van der Waals surface area contributed by atoms with Crippen molar-refractivity contribution in [3.63, 3.8) is 0 Å². The third-order valence-electron chi connectivity index (χ3n) is 2.91. The van der Waals surface area contributed by atoms with Crippen LogP contribution in [0.4, 0.5) is 26.3 Å².